The number of likely N-dealkylation sites (N-methyl/N-ethyl adjacent to an activating group) is 1. The number of nitrogens with zero attached hydrogens (tertiary/aromatic N) is 2. The van der Waals surface area contributed by atoms with Crippen LogP contribution in [0.2, 0.25) is 0 Å². The van der Waals surface area contributed by atoms with Crippen LogP contribution in [0.3, 0.4) is 0 Å². The van der Waals surface area contributed by atoms with E-state index in [4.69, 9.17) is 5.73 Å². The lowest BCUT2D eigenvalue weighted by atomic mass is 9.58. The zero-order valence-electron chi connectivity index (χ0n) is 22.5. The molecule has 224 valence electrons. The van der Waals surface area contributed by atoms with E-state index in [9.17, 15) is 52.4 Å². The number of aliphatic hydroxyl groups is 3. The Balaban J connectivity index is 1.96. The molecule has 3 aliphatic carbocycles. The molecule has 0 aliphatic heterocycles. The second-order valence-electron chi connectivity index (χ2n) is 10.8. The molecule has 0 heterocycles. The number of allylic oxidation sites excluding steroid dienone is 1. The van der Waals surface area contributed by atoms with Crippen LogP contribution in [0, 0.1) is 11.8 Å². The van der Waals surface area contributed by atoms with Crippen molar-refractivity contribution in [2.24, 2.45) is 17.6 Å². The molecule has 1 aromatic rings. The lowest BCUT2D eigenvalue weighted by Crippen LogP contribution is -2.63. The number of carbonyl (C=O) groups is 3. The second-order valence-corrected chi connectivity index (χ2v) is 10.8. The molecule has 0 bridgehead atoms. The molecule has 3 aliphatic rings. The highest BCUT2D eigenvalue weighted by Crippen LogP contribution is 2.53. The van der Waals surface area contributed by atoms with Crippen molar-refractivity contribution >= 4 is 17.5 Å². The minimum Gasteiger partial charge on any atom is -0.510 e. The number of alkyl halides is 4. The van der Waals surface area contributed by atoms with Crippen molar-refractivity contribution in [1.29, 1.82) is 0 Å². The molecule has 1 aromatic carbocycles. The Morgan fingerprint density at radius 2 is 1.83 bits per heavy atom. The zero-order chi connectivity index (χ0) is 30.8. The molecule has 0 saturated heterocycles. The van der Waals surface area contributed by atoms with E-state index in [2.05, 4.69) is 0 Å². The van der Waals surface area contributed by atoms with Crippen molar-refractivity contribution in [3.63, 3.8) is 0 Å². The average molecular weight is 586 g/mol. The normalized spacial score (nSPS) is 26.4. The van der Waals surface area contributed by atoms with Gasteiger partial charge in [-0.15, -0.1) is 0 Å². The number of rotatable bonds is 7. The van der Waals surface area contributed by atoms with Crippen LogP contribution in [0.25, 0.3) is 0 Å². The number of halogens is 4. The van der Waals surface area contributed by atoms with Gasteiger partial charge in [-0.25, -0.2) is 4.39 Å². The lowest BCUT2D eigenvalue weighted by molar-refractivity contribution is -0.148. The number of hydrogen-bond donors (Lipinski definition) is 5. The number of primary amides is 1. The summed E-state index contributed by atoms with van der Waals surface area (Å²) in [7, 11) is 2.88. The van der Waals surface area contributed by atoms with E-state index in [-0.39, 0.29) is 31.6 Å². The topological polar surface area (TPSA) is 165 Å². The molecule has 0 spiro atoms. The second kappa shape index (κ2) is 10.4. The van der Waals surface area contributed by atoms with E-state index in [1.165, 1.54) is 23.9 Å². The number of Topliss-reactive ketones (excluding diaryl/α,β-unsaturated/α-hetero) is 2. The number of aliphatic hydroxyl groups excluding tert-OH is 2. The first kappa shape index (κ1) is 30.5. The standard InChI is InChI=1S/C27H31F4N3O7/c1-4-34(6-5-28)10-12-9-15(35)17-13(19(12)27(29,30)31)7-11-8-14-20(33(2)3)22(37)18(25(32)40)24(39)26(14,41)23(38)16(11)21(17)36/h9,11,14,20,35,37-38,41H,4-8,10H2,1-3H3,(H2,32,40)/t11-,14-,20-,26-/m0/s1. The molecule has 0 aromatic heterocycles. The molecular weight excluding hydrogens is 554 g/mol. The summed E-state index contributed by atoms with van der Waals surface area (Å²) in [6.45, 7) is 0.518. The summed E-state index contributed by atoms with van der Waals surface area (Å²) in [5.74, 6) is -9.37. The molecule has 0 saturated carbocycles. The van der Waals surface area contributed by atoms with Gasteiger partial charge in [0.2, 0.25) is 5.78 Å². The Morgan fingerprint density at radius 3 is 2.34 bits per heavy atom. The summed E-state index contributed by atoms with van der Waals surface area (Å²) in [4.78, 5) is 41.8. The van der Waals surface area contributed by atoms with E-state index < -0.39 is 105 Å². The summed E-state index contributed by atoms with van der Waals surface area (Å²) < 4.78 is 56.6. The number of amides is 1. The molecule has 0 radical (unpaired) electrons. The van der Waals surface area contributed by atoms with Gasteiger partial charge in [0.15, 0.2) is 11.4 Å². The summed E-state index contributed by atoms with van der Waals surface area (Å²) in [6.07, 6.45) is -5.84. The van der Waals surface area contributed by atoms with Crippen LogP contribution in [0.15, 0.2) is 28.7 Å². The molecule has 0 fully saturated rings. The minimum absolute atomic E-state index is 0.154. The van der Waals surface area contributed by atoms with Crippen molar-refractivity contribution in [1.82, 2.24) is 9.80 Å². The number of carbonyl (C=O) groups excluding carboxylic acids is 3. The third-order valence-corrected chi connectivity index (χ3v) is 8.33. The Labute approximate surface area is 232 Å². The number of benzene rings is 1. The maximum absolute atomic E-state index is 14.5. The predicted octanol–water partition coefficient (Wildman–Crippen LogP) is 1.93. The molecule has 10 nitrogen and oxygen atoms in total. The maximum atomic E-state index is 14.5. The van der Waals surface area contributed by atoms with Crippen LogP contribution in [0.5, 0.6) is 5.75 Å². The van der Waals surface area contributed by atoms with Gasteiger partial charge in [-0.05, 0) is 56.6 Å². The van der Waals surface area contributed by atoms with Crippen LogP contribution in [-0.2, 0) is 28.7 Å². The summed E-state index contributed by atoms with van der Waals surface area (Å²) in [5, 5.41) is 44.4. The van der Waals surface area contributed by atoms with Crippen LogP contribution in [-0.4, -0.2) is 93.2 Å². The van der Waals surface area contributed by atoms with Crippen molar-refractivity contribution in [3.05, 3.63) is 51.0 Å². The van der Waals surface area contributed by atoms with Gasteiger partial charge < -0.3 is 26.2 Å². The van der Waals surface area contributed by atoms with E-state index in [0.29, 0.717) is 0 Å². The van der Waals surface area contributed by atoms with Crippen molar-refractivity contribution in [3.8, 4) is 5.75 Å². The maximum Gasteiger partial charge on any atom is 0.417 e. The van der Waals surface area contributed by atoms with Crippen LogP contribution in [0.4, 0.5) is 17.6 Å². The average Bonchev–Trinajstić information content (AvgIpc) is 2.84. The highest BCUT2D eigenvalue weighted by atomic mass is 19.4. The van der Waals surface area contributed by atoms with E-state index in [1.54, 1.807) is 6.92 Å². The monoisotopic (exact) mass is 585 g/mol. The van der Waals surface area contributed by atoms with Crippen LogP contribution in [0.1, 0.15) is 40.4 Å². The predicted molar refractivity (Wildman–Crippen MR) is 136 cm³/mol. The van der Waals surface area contributed by atoms with Gasteiger partial charge in [0.1, 0.15) is 29.5 Å². The highest BCUT2D eigenvalue weighted by Gasteiger charge is 2.63. The third kappa shape index (κ3) is 4.57. The molecule has 0 unspecified atom stereocenters. The quantitative estimate of drug-likeness (QED) is 0.238. The zero-order valence-corrected chi connectivity index (χ0v) is 22.5. The summed E-state index contributed by atoms with van der Waals surface area (Å²) in [5.41, 5.74) is -1.98. The summed E-state index contributed by atoms with van der Waals surface area (Å²) in [6, 6.07) is -0.500. The third-order valence-electron chi connectivity index (χ3n) is 8.33. The minimum atomic E-state index is -4.98. The largest absolute Gasteiger partial charge is 0.510 e. The molecule has 4 rings (SSSR count). The molecule has 1 amide bonds. The smallest absolute Gasteiger partial charge is 0.417 e. The first-order valence-corrected chi connectivity index (χ1v) is 12.9. The molecule has 14 heteroatoms. The van der Waals surface area contributed by atoms with E-state index in [0.717, 1.165) is 6.07 Å². The summed E-state index contributed by atoms with van der Waals surface area (Å²) >= 11 is 0. The van der Waals surface area contributed by atoms with Gasteiger partial charge >= 0.3 is 6.18 Å². The molecule has 6 N–H and O–H groups in total. The van der Waals surface area contributed by atoms with Crippen molar-refractivity contribution in [2.45, 2.75) is 44.1 Å². The van der Waals surface area contributed by atoms with Crippen LogP contribution >= 0.6 is 0 Å². The molecular formula is C27H31F4N3O7. The van der Waals surface area contributed by atoms with Gasteiger partial charge in [-0.3, -0.25) is 24.2 Å². The number of fused-ring (bicyclic) bond motifs is 3. The van der Waals surface area contributed by atoms with E-state index in [1.807, 2.05) is 0 Å². The first-order valence-electron chi connectivity index (χ1n) is 12.9. The molecule has 41 heavy (non-hydrogen) atoms. The van der Waals surface area contributed by atoms with E-state index >= 15 is 0 Å². The Bertz CT molecular complexity index is 1390. The number of nitrogens with two attached hydrogens (primary N) is 1. The van der Waals surface area contributed by atoms with Gasteiger partial charge in [0.25, 0.3) is 5.91 Å². The number of hydrogen-bond acceptors (Lipinski definition) is 9. The number of phenols is 1. The fourth-order valence-electron chi connectivity index (χ4n) is 6.58. The first-order chi connectivity index (χ1) is 19.0. The SMILES string of the molecule is CCN(CCF)Cc1cc(O)c2c(c1C(F)(F)F)C[C@H]1C[C@H]3[C@H](N(C)C)C(O)=C(C(N)=O)C(=O)[C@@]3(O)C(O)=C1C2=O. The fourth-order valence-corrected chi connectivity index (χ4v) is 6.58. The Morgan fingerprint density at radius 1 is 1.20 bits per heavy atom. The highest BCUT2D eigenvalue weighted by molar-refractivity contribution is 6.24. The van der Waals surface area contributed by atoms with Gasteiger partial charge in [0, 0.05) is 24.6 Å². The lowest BCUT2D eigenvalue weighted by Gasteiger charge is -2.50. The Hall–Kier alpha value is -3.49. The van der Waals surface area contributed by atoms with Crippen molar-refractivity contribution < 1.29 is 52.4 Å². The van der Waals surface area contributed by atoms with Gasteiger partial charge in [-0.2, -0.15) is 13.2 Å². The Kier molecular flexibility index (Phi) is 7.73. The number of ketones is 2. The van der Waals surface area contributed by atoms with Crippen molar-refractivity contribution in [2.75, 3.05) is 33.9 Å². The molecule has 4 atom stereocenters. The number of phenolic OH excluding ortho intramolecular Hbond substituents is 1. The van der Waals surface area contributed by atoms with Crippen LogP contribution < -0.4 is 5.73 Å². The fraction of sp³-hybridized carbons (Fsp3) is 0.519. The number of aromatic hydroxyl groups is 1. The van der Waals surface area contributed by atoms with Gasteiger partial charge in [-0.1, -0.05) is 6.92 Å². The van der Waals surface area contributed by atoms with Gasteiger partial charge in [0.05, 0.1) is 17.2 Å².